The van der Waals surface area contributed by atoms with Gasteiger partial charge in [-0.15, -0.1) is 11.3 Å². The van der Waals surface area contributed by atoms with Gasteiger partial charge in [-0.25, -0.2) is 18.6 Å². The molecule has 23 heavy (non-hydrogen) atoms. The van der Waals surface area contributed by atoms with Gasteiger partial charge in [-0.2, -0.15) is 0 Å². The number of aromatic carboxylic acids is 1. The van der Waals surface area contributed by atoms with Crippen LogP contribution in [0.2, 0.25) is 0 Å². The zero-order chi connectivity index (χ0) is 16.7. The van der Waals surface area contributed by atoms with E-state index in [-0.39, 0.29) is 15.8 Å². The Morgan fingerprint density at radius 3 is 2.74 bits per heavy atom. The maximum Gasteiger partial charge on any atom is 0.340 e. The topological polar surface area (TPSA) is 62.2 Å². The Morgan fingerprint density at radius 2 is 2.09 bits per heavy atom. The van der Waals surface area contributed by atoms with E-state index in [9.17, 15) is 18.7 Å². The minimum absolute atomic E-state index is 0.0629. The molecule has 0 bridgehead atoms. The minimum Gasteiger partial charge on any atom is -0.478 e. The van der Waals surface area contributed by atoms with E-state index in [1.807, 2.05) is 6.07 Å². The molecule has 0 unspecified atom stereocenters. The first-order valence-corrected chi connectivity index (χ1v) is 8.36. The van der Waals surface area contributed by atoms with E-state index >= 15 is 0 Å². The standard InChI is InChI=1S/C15H9F2IN2O2S/c1-6-4-7(18)2-3-8(6)20-12-9(15(21)22)13-14(23-5-19-13)11(17)10(12)16/h2-5,20H,1H3,(H,21,22). The van der Waals surface area contributed by atoms with Crippen molar-refractivity contribution in [3.63, 3.8) is 0 Å². The van der Waals surface area contributed by atoms with E-state index in [0.717, 1.165) is 20.5 Å². The zero-order valence-electron chi connectivity index (χ0n) is 11.7. The Bertz CT molecular complexity index is 943. The number of benzene rings is 2. The van der Waals surface area contributed by atoms with Gasteiger partial charge in [0.15, 0.2) is 11.6 Å². The lowest BCUT2D eigenvalue weighted by atomic mass is 10.1. The average molecular weight is 446 g/mol. The summed E-state index contributed by atoms with van der Waals surface area (Å²) in [6.45, 7) is 1.79. The summed E-state index contributed by atoms with van der Waals surface area (Å²) in [6.07, 6.45) is 0. The van der Waals surface area contributed by atoms with Crippen LogP contribution in [0.15, 0.2) is 23.7 Å². The summed E-state index contributed by atoms with van der Waals surface area (Å²) >= 11 is 2.99. The van der Waals surface area contributed by atoms with Gasteiger partial charge in [0, 0.05) is 9.26 Å². The molecular weight excluding hydrogens is 437 g/mol. The maximum atomic E-state index is 14.4. The number of nitrogens with zero attached hydrogens (tertiary/aromatic N) is 1. The van der Waals surface area contributed by atoms with Gasteiger partial charge in [0.2, 0.25) is 0 Å². The van der Waals surface area contributed by atoms with Gasteiger partial charge in [0.25, 0.3) is 0 Å². The molecule has 118 valence electrons. The van der Waals surface area contributed by atoms with Crippen molar-refractivity contribution < 1.29 is 18.7 Å². The molecule has 1 aromatic heterocycles. The van der Waals surface area contributed by atoms with Crippen LogP contribution in [0.3, 0.4) is 0 Å². The van der Waals surface area contributed by atoms with Gasteiger partial charge >= 0.3 is 5.97 Å². The molecular formula is C15H9F2IN2O2S. The van der Waals surface area contributed by atoms with Crippen molar-refractivity contribution in [1.82, 2.24) is 4.98 Å². The van der Waals surface area contributed by atoms with E-state index in [0.29, 0.717) is 5.69 Å². The lowest BCUT2D eigenvalue weighted by molar-refractivity contribution is 0.0699. The fourth-order valence-electron chi connectivity index (χ4n) is 2.25. The normalized spacial score (nSPS) is 11.0. The van der Waals surface area contributed by atoms with Gasteiger partial charge in [-0.1, -0.05) is 0 Å². The predicted octanol–water partition coefficient (Wildman–Crippen LogP) is 4.93. The highest BCUT2D eigenvalue weighted by Crippen LogP contribution is 2.36. The van der Waals surface area contributed by atoms with Crippen LogP contribution in [-0.2, 0) is 0 Å². The van der Waals surface area contributed by atoms with E-state index in [4.69, 9.17) is 0 Å². The van der Waals surface area contributed by atoms with Crippen molar-refractivity contribution in [3.8, 4) is 0 Å². The Balaban J connectivity index is 2.25. The number of aromatic nitrogens is 1. The lowest BCUT2D eigenvalue weighted by Crippen LogP contribution is -2.08. The summed E-state index contributed by atoms with van der Waals surface area (Å²) in [4.78, 5) is 15.4. The molecule has 2 N–H and O–H groups in total. The monoisotopic (exact) mass is 446 g/mol. The molecule has 3 aromatic rings. The van der Waals surface area contributed by atoms with Crippen molar-refractivity contribution in [2.45, 2.75) is 6.92 Å². The molecule has 0 spiro atoms. The molecule has 0 saturated heterocycles. The number of nitrogens with one attached hydrogen (secondary N) is 1. The molecule has 0 fully saturated rings. The van der Waals surface area contributed by atoms with Crippen molar-refractivity contribution in [2.75, 3.05) is 5.32 Å². The number of carboxylic acids is 1. The second-order valence-corrected chi connectivity index (χ2v) is 6.90. The number of carbonyl (C=O) groups is 1. The highest BCUT2D eigenvalue weighted by atomic mass is 127. The summed E-state index contributed by atoms with van der Waals surface area (Å²) in [7, 11) is 0. The first kappa shape index (κ1) is 16.1. The number of hydrogen-bond acceptors (Lipinski definition) is 4. The third kappa shape index (κ3) is 2.76. The Hall–Kier alpha value is -1.81. The Kier molecular flexibility index (Phi) is 4.19. The van der Waals surface area contributed by atoms with E-state index < -0.39 is 23.3 Å². The highest BCUT2D eigenvalue weighted by molar-refractivity contribution is 14.1. The number of carboxylic acid groups (broad SMARTS) is 1. The molecule has 3 rings (SSSR count). The van der Waals surface area contributed by atoms with Gasteiger partial charge in [-0.3, -0.25) is 0 Å². The number of thiazole rings is 1. The van der Waals surface area contributed by atoms with Crippen molar-refractivity contribution >= 4 is 61.5 Å². The lowest BCUT2D eigenvalue weighted by Gasteiger charge is -2.14. The smallest absolute Gasteiger partial charge is 0.340 e. The van der Waals surface area contributed by atoms with Gasteiger partial charge in [0.05, 0.1) is 15.9 Å². The molecule has 1 heterocycles. The molecule has 8 heteroatoms. The third-order valence-electron chi connectivity index (χ3n) is 3.33. The maximum absolute atomic E-state index is 14.4. The van der Waals surface area contributed by atoms with Gasteiger partial charge in [-0.05, 0) is 53.3 Å². The van der Waals surface area contributed by atoms with Crippen LogP contribution in [0.5, 0.6) is 0 Å². The minimum atomic E-state index is -1.37. The van der Waals surface area contributed by atoms with Crippen LogP contribution >= 0.6 is 33.9 Å². The quantitative estimate of drug-likeness (QED) is 0.561. The van der Waals surface area contributed by atoms with Crippen LogP contribution in [0.4, 0.5) is 20.2 Å². The molecule has 0 atom stereocenters. The Morgan fingerprint density at radius 1 is 1.35 bits per heavy atom. The van der Waals surface area contributed by atoms with Crippen molar-refractivity contribution in [2.24, 2.45) is 0 Å². The van der Waals surface area contributed by atoms with E-state index in [2.05, 4.69) is 32.9 Å². The predicted molar refractivity (Wildman–Crippen MR) is 93.7 cm³/mol. The molecule has 2 aromatic carbocycles. The molecule has 0 aliphatic carbocycles. The van der Waals surface area contributed by atoms with Crippen LogP contribution in [0.25, 0.3) is 10.2 Å². The number of fused-ring (bicyclic) bond motifs is 1. The average Bonchev–Trinajstić information content (AvgIpc) is 2.96. The fraction of sp³-hybridized carbons (Fsp3) is 0.0667. The second-order valence-electron chi connectivity index (χ2n) is 4.80. The van der Waals surface area contributed by atoms with E-state index in [1.54, 1.807) is 19.1 Å². The van der Waals surface area contributed by atoms with Crippen LogP contribution in [0, 0.1) is 22.1 Å². The summed E-state index contributed by atoms with van der Waals surface area (Å²) in [5.74, 6) is -3.69. The third-order valence-corrected chi connectivity index (χ3v) is 4.82. The highest BCUT2D eigenvalue weighted by Gasteiger charge is 2.26. The summed E-state index contributed by atoms with van der Waals surface area (Å²) < 4.78 is 29.4. The number of aryl methyl sites for hydroxylation is 1. The van der Waals surface area contributed by atoms with Crippen LogP contribution in [0.1, 0.15) is 15.9 Å². The van der Waals surface area contributed by atoms with Gasteiger partial charge in [0.1, 0.15) is 11.1 Å². The number of anilines is 2. The van der Waals surface area contributed by atoms with E-state index in [1.165, 1.54) is 5.51 Å². The molecule has 0 amide bonds. The SMILES string of the molecule is Cc1cc(I)ccc1Nc1c(F)c(F)c2scnc2c1C(=O)O. The number of rotatable bonds is 3. The number of halogens is 3. The van der Waals surface area contributed by atoms with Crippen LogP contribution < -0.4 is 5.32 Å². The van der Waals surface area contributed by atoms with Crippen molar-refractivity contribution in [3.05, 3.63) is 50.0 Å². The molecule has 0 radical (unpaired) electrons. The first-order valence-electron chi connectivity index (χ1n) is 6.40. The Labute approximate surface area is 147 Å². The largest absolute Gasteiger partial charge is 0.478 e. The second kappa shape index (κ2) is 6.00. The van der Waals surface area contributed by atoms with Gasteiger partial charge < -0.3 is 10.4 Å². The molecule has 0 saturated carbocycles. The summed E-state index contributed by atoms with van der Waals surface area (Å²) in [5, 5.41) is 12.1. The fourth-order valence-corrected chi connectivity index (χ4v) is 3.62. The van der Waals surface area contributed by atoms with Crippen molar-refractivity contribution in [1.29, 1.82) is 0 Å². The molecule has 4 nitrogen and oxygen atoms in total. The number of hydrogen-bond donors (Lipinski definition) is 2. The van der Waals surface area contributed by atoms with Crippen LogP contribution in [-0.4, -0.2) is 16.1 Å². The summed E-state index contributed by atoms with van der Waals surface area (Å²) in [5.41, 5.74) is 1.72. The molecule has 0 aliphatic heterocycles. The molecule has 0 aliphatic rings. The zero-order valence-corrected chi connectivity index (χ0v) is 14.6. The first-order chi connectivity index (χ1) is 10.9. The summed E-state index contributed by atoms with van der Waals surface area (Å²) in [6, 6.07) is 5.32.